The number of alkyl halides is 3. The molecule has 0 aromatic heterocycles. The summed E-state index contributed by atoms with van der Waals surface area (Å²) in [6.45, 7) is 1.94. The molecule has 0 aliphatic heterocycles. The van der Waals surface area contributed by atoms with Crippen LogP contribution in [0, 0.1) is 5.92 Å². The van der Waals surface area contributed by atoms with Gasteiger partial charge < -0.3 is 5.32 Å². The molecule has 0 fully saturated rings. The number of carbonyl (C=O) groups is 1. The molecule has 1 aliphatic rings. The molecule has 1 N–H and O–H groups in total. The van der Waals surface area contributed by atoms with E-state index in [1.165, 1.54) is 12.1 Å². The van der Waals surface area contributed by atoms with Crippen molar-refractivity contribution in [3.05, 3.63) is 41.6 Å². The molecule has 19 heavy (non-hydrogen) atoms. The zero-order chi connectivity index (χ0) is 14.0. The normalized spacial score (nSPS) is 20.1. The second-order valence-corrected chi connectivity index (χ2v) is 4.85. The Morgan fingerprint density at radius 1 is 1.26 bits per heavy atom. The number of halogens is 3. The van der Waals surface area contributed by atoms with Crippen molar-refractivity contribution in [2.75, 3.05) is 5.32 Å². The minimum Gasteiger partial charge on any atom is -0.359 e. The molecule has 5 heteroatoms. The van der Waals surface area contributed by atoms with Gasteiger partial charge in [-0.2, -0.15) is 13.2 Å². The van der Waals surface area contributed by atoms with Gasteiger partial charge in [0.1, 0.15) is 0 Å². The number of nitrogens with one attached hydrogen (secondary N) is 1. The van der Waals surface area contributed by atoms with Crippen LogP contribution in [0.2, 0.25) is 0 Å². The van der Waals surface area contributed by atoms with E-state index in [4.69, 9.17) is 0 Å². The van der Waals surface area contributed by atoms with E-state index in [1.807, 2.05) is 6.92 Å². The Hall–Kier alpha value is -1.78. The van der Waals surface area contributed by atoms with Gasteiger partial charge in [-0.1, -0.05) is 13.0 Å². The molecular weight excluding hydrogens is 255 g/mol. The van der Waals surface area contributed by atoms with Crippen molar-refractivity contribution in [3.8, 4) is 0 Å². The third kappa shape index (κ3) is 3.59. The van der Waals surface area contributed by atoms with E-state index in [2.05, 4.69) is 5.32 Å². The Balaban J connectivity index is 2.18. The topological polar surface area (TPSA) is 29.1 Å². The summed E-state index contributed by atoms with van der Waals surface area (Å²) in [7, 11) is 0. The van der Waals surface area contributed by atoms with E-state index in [0.29, 0.717) is 24.2 Å². The highest BCUT2D eigenvalue weighted by Crippen LogP contribution is 2.31. The number of benzene rings is 1. The number of rotatable bonds is 2. The summed E-state index contributed by atoms with van der Waals surface area (Å²) in [4.78, 5) is 11.4. The van der Waals surface area contributed by atoms with Gasteiger partial charge in [-0.05, 0) is 30.5 Å². The number of hydrogen-bond donors (Lipinski definition) is 1. The van der Waals surface area contributed by atoms with Gasteiger partial charge >= 0.3 is 6.18 Å². The molecule has 0 spiro atoms. The largest absolute Gasteiger partial charge is 0.416 e. The number of carbonyl (C=O) groups excluding carboxylic acids is 1. The molecule has 102 valence electrons. The van der Waals surface area contributed by atoms with Crippen LogP contribution >= 0.6 is 0 Å². The maximum Gasteiger partial charge on any atom is 0.416 e. The summed E-state index contributed by atoms with van der Waals surface area (Å²) in [6, 6.07) is 4.97. The highest BCUT2D eigenvalue weighted by molar-refractivity contribution is 5.91. The lowest BCUT2D eigenvalue weighted by Crippen LogP contribution is -2.16. The fourth-order valence-electron chi connectivity index (χ4n) is 2.15. The lowest BCUT2D eigenvalue weighted by Gasteiger charge is -2.20. The molecule has 2 nitrogen and oxygen atoms in total. The van der Waals surface area contributed by atoms with Gasteiger partial charge in [0, 0.05) is 23.9 Å². The van der Waals surface area contributed by atoms with Crippen molar-refractivity contribution in [1.29, 1.82) is 0 Å². The predicted octanol–water partition coefficient (Wildman–Crippen LogP) is 4.00. The Kier molecular flexibility index (Phi) is 3.64. The molecule has 0 saturated carbocycles. The number of hydrogen-bond acceptors (Lipinski definition) is 2. The first-order valence-corrected chi connectivity index (χ1v) is 6.02. The third-order valence-electron chi connectivity index (χ3n) is 2.95. The van der Waals surface area contributed by atoms with Gasteiger partial charge in [0.25, 0.3) is 0 Å². The fraction of sp³-hybridized carbons (Fsp3) is 0.357. The van der Waals surface area contributed by atoms with Crippen LogP contribution in [-0.4, -0.2) is 5.78 Å². The zero-order valence-electron chi connectivity index (χ0n) is 10.4. The average molecular weight is 269 g/mol. The summed E-state index contributed by atoms with van der Waals surface area (Å²) in [5, 5.41) is 2.89. The average Bonchev–Trinajstić information content (AvgIpc) is 2.26. The van der Waals surface area contributed by atoms with Crippen LogP contribution in [0.1, 0.15) is 25.3 Å². The van der Waals surface area contributed by atoms with Gasteiger partial charge in [-0.3, -0.25) is 4.79 Å². The molecule has 0 bridgehead atoms. The molecule has 2 rings (SSSR count). The standard InChI is InChI=1S/C14H14F3NO/c1-9-5-12(8-13(19)6-9)18-11-4-2-3-10(7-11)14(15,16)17/h2-4,7-9,18H,5-6H2,1H3. The number of allylic oxidation sites excluding steroid dienone is 2. The minimum absolute atomic E-state index is 0.00762. The Labute approximate surface area is 109 Å². The quantitative estimate of drug-likeness (QED) is 0.879. The summed E-state index contributed by atoms with van der Waals surface area (Å²) in [6.07, 6.45) is -1.72. The van der Waals surface area contributed by atoms with Gasteiger partial charge in [-0.25, -0.2) is 0 Å². The van der Waals surface area contributed by atoms with Crippen molar-refractivity contribution in [3.63, 3.8) is 0 Å². The highest BCUT2D eigenvalue weighted by atomic mass is 19.4. The van der Waals surface area contributed by atoms with Gasteiger partial charge in [0.15, 0.2) is 5.78 Å². The maximum atomic E-state index is 12.6. The van der Waals surface area contributed by atoms with Crippen LogP contribution in [0.3, 0.4) is 0 Å². The zero-order valence-corrected chi connectivity index (χ0v) is 10.4. The number of anilines is 1. The summed E-state index contributed by atoms with van der Waals surface area (Å²) in [5.41, 5.74) is 0.319. The first-order chi connectivity index (χ1) is 8.84. The molecular formula is C14H14F3NO. The maximum absolute atomic E-state index is 12.6. The SMILES string of the molecule is CC1CC(=O)C=C(Nc2cccc(C(F)(F)F)c2)C1. The van der Waals surface area contributed by atoms with E-state index in [-0.39, 0.29) is 11.7 Å². The van der Waals surface area contributed by atoms with Crippen LogP contribution in [-0.2, 0) is 11.0 Å². The third-order valence-corrected chi connectivity index (χ3v) is 2.95. The molecule has 0 saturated heterocycles. The van der Waals surface area contributed by atoms with Crippen LogP contribution in [0.15, 0.2) is 36.0 Å². The molecule has 1 atom stereocenters. The molecule has 0 heterocycles. The van der Waals surface area contributed by atoms with E-state index in [0.717, 1.165) is 12.1 Å². The van der Waals surface area contributed by atoms with E-state index in [1.54, 1.807) is 6.07 Å². The lowest BCUT2D eigenvalue weighted by atomic mass is 9.93. The van der Waals surface area contributed by atoms with E-state index >= 15 is 0 Å². The van der Waals surface area contributed by atoms with E-state index in [9.17, 15) is 18.0 Å². The lowest BCUT2D eigenvalue weighted by molar-refractivity contribution is -0.137. The van der Waals surface area contributed by atoms with Gasteiger partial charge in [0.2, 0.25) is 0 Å². The van der Waals surface area contributed by atoms with Crippen LogP contribution in [0.25, 0.3) is 0 Å². The second-order valence-electron chi connectivity index (χ2n) is 4.85. The Bertz CT molecular complexity index is 520. The van der Waals surface area contributed by atoms with Crippen LogP contribution < -0.4 is 5.32 Å². The summed E-state index contributed by atoms with van der Waals surface area (Å²) >= 11 is 0. The van der Waals surface area contributed by atoms with Crippen molar-refractivity contribution in [2.24, 2.45) is 5.92 Å². The molecule has 0 radical (unpaired) electrons. The Morgan fingerprint density at radius 3 is 2.63 bits per heavy atom. The number of ketones is 1. The monoisotopic (exact) mass is 269 g/mol. The summed E-state index contributed by atoms with van der Waals surface area (Å²) in [5.74, 6) is 0.221. The Morgan fingerprint density at radius 2 is 2.00 bits per heavy atom. The van der Waals surface area contributed by atoms with Crippen molar-refractivity contribution in [1.82, 2.24) is 0 Å². The minimum atomic E-state index is -4.36. The van der Waals surface area contributed by atoms with Crippen molar-refractivity contribution in [2.45, 2.75) is 25.9 Å². The first-order valence-electron chi connectivity index (χ1n) is 6.02. The summed E-state index contributed by atoms with van der Waals surface area (Å²) < 4.78 is 37.7. The van der Waals surface area contributed by atoms with Crippen LogP contribution in [0.4, 0.5) is 18.9 Å². The van der Waals surface area contributed by atoms with Crippen LogP contribution in [0.5, 0.6) is 0 Å². The van der Waals surface area contributed by atoms with Crippen molar-refractivity contribution >= 4 is 11.5 Å². The second kappa shape index (κ2) is 5.07. The van der Waals surface area contributed by atoms with Gasteiger partial charge in [-0.15, -0.1) is 0 Å². The van der Waals surface area contributed by atoms with Crippen molar-refractivity contribution < 1.29 is 18.0 Å². The predicted molar refractivity (Wildman–Crippen MR) is 66.6 cm³/mol. The molecule has 1 aromatic rings. The molecule has 1 aromatic carbocycles. The molecule has 1 unspecified atom stereocenters. The fourth-order valence-corrected chi connectivity index (χ4v) is 2.15. The highest BCUT2D eigenvalue weighted by Gasteiger charge is 2.30. The van der Waals surface area contributed by atoms with E-state index < -0.39 is 11.7 Å². The molecule has 0 amide bonds. The molecule has 1 aliphatic carbocycles. The first kappa shape index (κ1) is 13.6. The van der Waals surface area contributed by atoms with Gasteiger partial charge in [0.05, 0.1) is 5.56 Å². The smallest absolute Gasteiger partial charge is 0.359 e.